The van der Waals surface area contributed by atoms with Crippen molar-refractivity contribution in [2.75, 3.05) is 12.0 Å². The van der Waals surface area contributed by atoms with E-state index >= 15 is 0 Å². The highest BCUT2D eigenvalue weighted by Crippen LogP contribution is 1.97. The second kappa shape index (κ2) is 3.21. The average molecular weight is 198 g/mol. The van der Waals surface area contributed by atoms with Crippen molar-refractivity contribution in [2.45, 2.75) is 0 Å². The molecule has 7 heteroatoms. The van der Waals surface area contributed by atoms with Gasteiger partial charge in [0.1, 0.15) is 5.75 Å². The summed E-state index contributed by atoms with van der Waals surface area (Å²) in [6.07, 6.45) is 5.26. The molecule has 0 radical (unpaired) electrons. The van der Waals surface area contributed by atoms with Crippen molar-refractivity contribution in [2.24, 2.45) is 0 Å². The normalized spacial score (nSPS) is 12.4. The quantitative estimate of drug-likeness (QED) is 0.539. The Morgan fingerprint density at radius 1 is 1.36 bits per heavy atom. The Labute approximate surface area is 65.6 Å². The summed E-state index contributed by atoms with van der Waals surface area (Å²) < 4.78 is 45.2. The van der Waals surface area contributed by atoms with Crippen molar-refractivity contribution in [3.05, 3.63) is 0 Å². The minimum Gasteiger partial charge on any atom is -0.199 e. The Hall–Kier alpha value is -0.580. The smallest absolute Gasteiger partial charge is 0.199 e. The molecule has 0 aromatic heterocycles. The second-order valence-electron chi connectivity index (χ2n) is 1.68. The van der Waals surface area contributed by atoms with Gasteiger partial charge < -0.3 is 0 Å². The monoisotopic (exact) mass is 198 g/mol. The van der Waals surface area contributed by atoms with E-state index in [-0.39, 0.29) is 0 Å². The first-order valence-electron chi connectivity index (χ1n) is 2.34. The average Bonchev–Trinajstić information content (AvgIpc) is 1.55. The van der Waals surface area contributed by atoms with Crippen LogP contribution in [0.25, 0.3) is 0 Å². The molecule has 64 valence electrons. The fourth-order valence-corrected chi connectivity index (χ4v) is 2.22. The van der Waals surface area contributed by atoms with Gasteiger partial charge in [-0.25, -0.2) is 0 Å². The van der Waals surface area contributed by atoms with Gasteiger partial charge in [0.15, 0.2) is 0 Å². The highest BCUT2D eigenvalue weighted by molar-refractivity contribution is 7.99. The van der Waals surface area contributed by atoms with Crippen molar-refractivity contribution < 1.29 is 20.5 Å². The van der Waals surface area contributed by atoms with Gasteiger partial charge in [-0.3, -0.25) is 0 Å². The van der Waals surface area contributed by atoms with Crippen molar-refractivity contribution in [1.82, 2.24) is 0 Å². The maximum Gasteiger partial charge on any atom is 0.293 e. The van der Waals surface area contributed by atoms with E-state index in [1.165, 1.54) is 0 Å². The summed E-state index contributed by atoms with van der Waals surface area (Å²) in [5.74, 6) is 1.00. The molecule has 0 spiro atoms. The largest absolute Gasteiger partial charge is 0.293 e. The van der Waals surface area contributed by atoms with Gasteiger partial charge in [-0.2, -0.15) is 16.8 Å². The molecule has 0 heterocycles. The molecule has 0 aromatic rings. The lowest BCUT2D eigenvalue weighted by molar-refractivity contribution is 0.469. The van der Waals surface area contributed by atoms with Crippen LogP contribution in [-0.4, -0.2) is 28.8 Å². The lowest BCUT2D eigenvalue weighted by Gasteiger charge is -1.96. The predicted molar refractivity (Wildman–Crippen MR) is 38.5 cm³/mol. The van der Waals surface area contributed by atoms with Crippen LogP contribution in [0.15, 0.2) is 0 Å². The van der Waals surface area contributed by atoms with Crippen LogP contribution in [0.2, 0.25) is 0 Å². The number of rotatable bonds is 3. The minimum atomic E-state index is -4.11. The fraction of sp³-hybridized carbons (Fsp3) is 0.500. The van der Waals surface area contributed by atoms with E-state index in [9.17, 15) is 16.8 Å². The Morgan fingerprint density at radius 3 is 2.09 bits per heavy atom. The summed E-state index contributed by atoms with van der Waals surface area (Å²) in [6, 6.07) is 0. The van der Waals surface area contributed by atoms with E-state index in [0.29, 0.717) is 6.26 Å². The molecule has 0 rings (SSSR count). The van der Waals surface area contributed by atoms with Crippen molar-refractivity contribution in [3.8, 4) is 12.3 Å². The topological polar surface area (TPSA) is 77.5 Å². The molecule has 0 saturated heterocycles. The predicted octanol–water partition coefficient (Wildman–Crippen LogP) is -1.07. The highest BCUT2D eigenvalue weighted by atomic mass is 32.3. The zero-order valence-electron chi connectivity index (χ0n) is 5.64. The van der Waals surface area contributed by atoms with Gasteiger partial charge in [-0.05, 0) is 0 Å². The third-order valence-electron chi connectivity index (χ3n) is 0.487. The maximum absolute atomic E-state index is 10.5. The molecule has 11 heavy (non-hydrogen) atoms. The molecule has 0 aliphatic carbocycles. The van der Waals surface area contributed by atoms with Gasteiger partial charge in [0.05, 0.1) is 6.26 Å². The molecule has 0 atom stereocenters. The van der Waals surface area contributed by atoms with Crippen LogP contribution in [0.5, 0.6) is 0 Å². The van der Waals surface area contributed by atoms with E-state index in [0.717, 1.165) is 0 Å². The second-order valence-corrected chi connectivity index (χ2v) is 5.03. The summed E-state index contributed by atoms with van der Waals surface area (Å²) in [6.45, 7) is 0. The first-order valence-corrected chi connectivity index (χ1v) is 5.73. The van der Waals surface area contributed by atoms with Gasteiger partial charge in [-0.15, -0.1) is 10.1 Å². The molecule has 0 aliphatic rings. The van der Waals surface area contributed by atoms with E-state index in [4.69, 9.17) is 0 Å². The van der Waals surface area contributed by atoms with Gasteiger partial charge in [0.2, 0.25) is 0 Å². The summed E-state index contributed by atoms with van der Waals surface area (Å²) >= 11 is 0. The van der Waals surface area contributed by atoms with Gasteiger partial charge in [0.25, 0.3) is 20.2 Å². The lowest BCUT2D eigenvalue weighted by atomic mass is 10.8. The minimum absolute atomic E-state index is 0.626. The number of hydrogen-bond acceptors (Lipinski definition) is 5. The van der Waals surface area contributed by atoms with Crippen molar-refractivity contribution in [1.29, 1.82) is 0 Å². The first kappa shape index (κ1) is 10.4. The molecule has 5 nitrogen and oxygen atoms in total. The summed E-state index contributed by atoms with van der Waals surface area (Å²) in [4.78, 5) is 0. The van der Waals surface area contributed by atoms with Gasteiger partial charge >= 0.3 is 0 Å². The summed E-state index contributed by atoms with van der Waals surface area (Å²) in [5.41, 5.74) is 0. The number of terminal acetylenes is 1. The Balaban J connectivity index is 4.56. The van der Waals surface area contributed by atoms with Crippen LogP contribution in [-0.2, 0) is 23.9 Å². The maximum atomic E-state index is 10.5. The number of hydrogen-bond donors (Lipinski definition) is 0. The molecule has 0 aromatic carbocycles. The Bertz CT molecular complexity index is 354. The summed E-state index contributed by atoms with van der Waals surface area (Å²) in [5, 5.41) is 0. The zero-order valence-corrected chi connectivity index (χ0v) is 7.28. The molecule has 0 fully saturated rings. The van der Waals surface area contributed by atoms with Crippen molar-refractivity contribution in [3.63, 3.8) is 0 Å². The van der Waals surface area contributed by atoms with Crippen LogP contribution in [0.3, 0.4) is 0 Å². The van der Waals surface area contributed by atoms with Gasteiger partial charge in [-0.1, -0.05) is 5.92 Å². The Kier molecular flexibility index (Phi) is 3.04. The molecular formula is C4H6O5S2. The van der Waals surface area contributed by atoms with Crippen LogP contribution in [0.4, 0.5) is 0 Å². The van der Waals surface area contributed by atoms with Crippen LogP contribution in [0.1, 0.15) is 0 Å². The standard InChI is InChI=1S/C4H6O5S2/c1-3-4-11(7,8)9-10(2,5)6/h1H,4H2,2H3. The molecule has 0 saturated carbocycles. The summed E-state index contributed by atoms with van der Waals surface area (Å²) in [7, 11) is -8.10. The SMILES string of the molecule is C#CCS(=O)(=O)OS(C)(=O)=O. The third kappa shape index (κ3) is 5.84. The van der Waals surface area contributed by atoms with E-state index < -0.39 is 26.0 Å². The zero-order chi connectivity index (χ0) is 9.12. The molecule has 0 aliphatic heterocycles. The molecule has 0 amide bonds. The fourth-order valence-electron chi connectivity index (χ4n) is 0.314. The van der Waals surface area contributed by atoms with Crippen molar-refractivity contribution >= 4 is 20.2 Å². The molecular weight excluding hydrogens is 192 g/mol. The molecule has 0 N–H and O–H groups in total. The van der Waals surface area contributed by atoms with Crippen LogP contribution >= 0.6 is 0 Å². The van der Waals surface area contributed by atoms with E-state index in [2.05, 4.69) is 10.1 Å². The van der Waals surface area contributed by atoms with E-state index in [1.807, 2.05) is 0 Å². The Morgan fingerprint density at radius 2 is 1.82 bits per heavy atom. The van der Waals surface area contributed by atoms with Crippen LogP contribution in [0, 0.1) is 12.3 Å². The van der Waals surface area contributed by atoms with Crippen LogP contribution < -0.4 is 0 Å². The first-order chi connectivity index (χ1) is 4.77. The highest BCUT2D eigenvalue weighted by Gasteiger charge is 2.16. The third-order valence-corrected chi connectivity index (χ3v) is 2.83. The van der Waals surface area contributed by atoms with E-state index in [1.54, 1.807) is 5.92 Å². The lowest BCUT2D eigenvalue weighted by Crippen LogP contribution is -2.14. The molecule has 0 bridgehead atoms. The molecule has 0 unspecified atom stereocenters. The van der Waals surface area contributed by atoms with Gasteiger partial charge in [0, 0.05) is 0 Å².